The molecule has 1 unspecified atom stereocenters. The van der Waals surface area contributed by atoms with Gasteiger partial charge in [-0.25, -0.2) is 4.79 Å². The van der Waals surface area contributed by atoms with Crippen LogP contribution in [0.1, 0.15) is 27.4 Å². The second-order valence-electron chi connectivity index (χ2n) is 6.69. The molecule has 4 rings (SSSR count). The van der Waals surface area contributed by atoms with E-state index >= 15 is 0 Å². The molecule has 0 saturated carbocycles. The lowest BCUT2D eigenvalue weighted by Crippen LogP contribution is -2.21. The highest BCUT2D eigenvalue weighted by molar-refractivity contribution is 9.10. The number of benzene rings is 3. The minimum absolute atomic E-state index is 0.0394. The van der Waals surface area contributed by atoms with Crippen LogP contribution in [-0.4, -0.2) is 5.97 Å². The smallest absolute Gasteiger partial charge is 0.343 e. The molecule has 0 fully saturated rings. The van der Waals surface area contributed by atoms with Gasteiger partial charge in [-0.05, 0) is 48.0 Å². The molecule has 0 radical (unpaired) electrons. The van der Waals surface area contributed by atoms with E-state index in [1.54, 1.807) is 60.7 Å². The number of ether oxygens (including phenoxy) is 2. The number of fused-ring (bicyclic) bond motifs is 1. The summed E-state index contributed by atoms with van der Waals surface area (Å²) in [5.74, 6) is -0.451. The zero-order valence-electron chi connectivity index (χ0n) is 15.7. The van der Waals surface area contributed by atoms with Crippen molar-refractivity contribution in [3.8, 4) is 17.6 Å². The summed E-state index contributed by atoms with van der Waals surface area (Å²) in [6.07, 6.45) is 0. The Hall–Kier alpha value is -2.98. The maximum absolute atomic E-state index is 12.4. The van der Waals surface area contributed by atoms with Crippen molar-refractivity contribution in [2.75, 3.05) is 0 Å². The number of esters is 1. The number of carbonyl (C=O) groups is 1. The molecule has 1 heterocycles. The predicted octanol–water partition coefficient (Wildman–Crippen LogP) is 6.19. The van der Waals surface area contributed by atoms with Gasteiger partial charge in [0.1, 0.15) is 23.1 Å². The number of hydrogen-bond donors (Lipinski definition) is 1. The van der Waals surface area contributed by atoms with Crippen LogP contribution in [0.4, 0.5) is 0 Å². The summed E-state index contributed by atoms with van der Waals surface area (Å²) in [7, 11) is 0. The van der Waals surface area contributed by atoms with Crippen LogP contribution in [0.3, 0.4) is 0 Å². The molecule has 0 aliphatic carbocycles. The highest BCUT2D eigenvalue weighted by Gasteiger charge is 2.32. The molecule has 154 valence electrons. The van der Waals surface area contributed by atoms with E-state index < -0.39 is 11.9 Å². The van der Waals surface area contributed by atoms with Crippen LogP contribution in [0.2, 0.25) is 10.0 Å². The van der Waals surface area contributed by atoms with E-state index in [-0.39, 0.29) is 17.2 Å². The van der Waals surface area contributed by atoms with Crippen LogP contribution in [0.5, 0.6) is 11.5 Å². The van der Waals surface area contributed by atoms with E-state index in [9.17, 15) is 10.1 Å². The average molecular weight is 516 g/mol. The summed E-state index contributed by atoms with van der Waals surface area (Å²) in [6, 6.07) is 18.9. The van der Waals surface area contributed by atoms with E-state index in [1.165, 1.54) is 0 Å². The van der Waals surface area contributed by atoms with Gasteiger partial charge in [0, 0.05) is 26.1 Å². The molecule has 1 aliphatic heterocycles. The number of hydrogen-bond acceptors (Lipinski definition) is 5. The molecule has 1 aliphatic rings. The Labute approximate surface area is 196 Å². The van der Waals surface area contributed by atoms with Crippen LogP contribution >= 0.6 is 39.1 Å². The van der Waals surface area contributed by atoms with Gasteiger partial charge in [0.05, 0.1) is 11.5 Å². The fraction of sp³-hybridized carbons (Fsp3) is 0.0435. The highest BCUT2D eigenvalue weighted by Crippen LogP contribution is 2.45. The fourth-order valence-corrected chi connectivity index (χ4v) is 4.09. The lowest BCUT2D eigenvalue weighted by atomic mass is 9.83. The standard InChI is InChI=1S/C23H13BrCl2N2O3/c24-13-3-1-12(2-4-13)23(29)30-15-6-8-17-20(10-15)31-22(28)18(11-27)21(17)16-7-5-14(25)9-19(16)26/h1-10,21H,28H2. The fourth-order valence-electron chi connectivity index (χ4n) is 3.31. The number of nitriles is 1. The topological polar surface area (TPSA) is 85.3 Å². The van der Waals surface area contributed by atoms with E-state index in [1.807, 2.05) is 0 Å². The third-order valence-electron chi connectivity index (χ3n) is 4.75. The Bertz CT molecular complexity index is 1270. The SMILES string of the molecule is N#CC1=C(N)Oc2cc(OC(=O)c3ccc(Br)cc3)ccc2C1c1ccc(Cl)cc1Cl. The summed E-state index contributed by atoms with van der Waals surface area (Å²) < 4.78 is 12.0. The number of carbonyl (C=O) groups excluding carboxylic acids is 1. The van der Waals surface area contributed by atoms with Crippen molar-refractivity contribution in [3.63, 3.8) is 0 Å². The summed E-state index contributed by atoms with van der Waals surface area (Å²) >= 11 is 15.8. The van der Waals surface area contributed by atoms with Gasteiger partial charge in [-0.3, -0.25) is 0 Å². The second kappa shape index (κ2) is 8.64. The molecule has 2 N–H and O–H groups in total. The molecule has 0 bridgehead atoms. The summed E-state index contributed by atoms with van der Waals surface area (Å²) in [4.78, 5) is 12.4. The van der Waals surface area contributed by atoms with Crippen molar-refractivity contribution < 1.29 is 14.3 Å². The lowest BCUT2D eigenvalue weighted by Gasteiger charge is -2.27. The molecule has 3 aromatic rings. The maximum Gasteiger partial charge on any atom is 0.343 e. The van der Waals surface area contributed by atoms with Gasteiger partial charge in [0.25, 0.3) is 0 Å². The van der Waals surface area contributed by atoms with Gasteiger partial charge < -0.3 is 15.2 Å². The molecular weight excluding hydrogens is 503 g/mol. The van der Waals surface area contributed by atoms with Crippen molar-refractivity contribution >= 4 is 45.1 Å². The Kier molecular flexibility index (Phi) is 5.92. The first-order chi connectivity index (χ1) is 14.9. The number of nitrogens with two attached hydrogens (primary N) is 1. The first kappa shape index (κ1) is 21.3. The molecule has 8 heteroatoms. The van der Waals surface area contributed by atoms with E-state index in [0.29, 0.717) is 32.5 Å². The van der Waals surface area contributed by atoms with E-state index in [2.05, 4.69) is 22.0 Å². The van der Waals surface area contributed by atoms with Crippen molar-refractivity contribution in [1.82, 2.24) is 0 Å². The highest BCUT2D eigenvalue weighted by atomic mass is 79.9. The quantitative estimate of drug-likeness (QED) is 0.332. The summed E-state index contributed by atoms with van der Waals surface area (Å²) in [5.41, 5.74) is 7.98. The molecule has 3 aromatic carbocycles. The Morgan fingerprint density at radius 1 is 1.06 bits per heavy atom. The Morgan fingerprint density at radius 2 is 1.77 bits per heavy atom. The monoisotopic (exact) mass is 514 g/mol. The van der Waals surface area contributed by atoms with E-state index in [0.717, 1.165) is 4.47 Å². The van der Waals surface area contributed by atoms with Crippen LogP contribution in [0.25, 0.3) is 0 Å². The van der Waals surface area contributed by atoms with Crippen LogP contribution < -0.4 is 15.2 Å². The lowest BCUT2D eigenvalue weighted by molar-refractivity contribution is 0.0734. The summed E-state index contributed by atoms with van der Waals surface area (Å²) in [6.45, 7) is 0. The van der Waals surface area contributed by atoms with Gasteiger partial charge >= 0.3 is 5.97 Å². The minimum Gasteiger partial charge on any atom is -0.440 e. The molecule has 31 heavy (non-hydrogen) atoms. The number of rotatable bonds is 3. The molecular formula is C23H13BrCl2N2O3. The third kappa shape index (κ3) is 4.26. The molecule has 0 aromatic heterocycles. The molecule has 5 nitrogen and oxygen atoms in total. The largest absolute Gasteiger partial charge is 0.440 e. The normalized spacial score (nSPS) is 15.0. The van der Waals surface area contributed by atoms with E-state index in [4.69, 9.17) is 38.4 Å². The zero-order chi connectivity index (χ0) is 22.1. The second-order valence-corrected chi connectivity index (χ2v) is 8.45. The van der Waals surface area contributed by atoms with Gasteiger partial charge in [-0.1, -0.05) is 51.3 Å². The first-order valence-electron chi connectivity index (χ1n) is 9.01. The molecule has 1 atom stereocenters. The third-order valence-corrected chi connectivity index (χ3v) is 5.85. The average Bonchev–Trinajstić information content (AvgIpc) is 2.73. The van der Waals surface area contributed by atoms with Crippen molar-refractivity contribution in [3.05, 3.63) is 103 Å². The number of nitrogens with zero attached hydrogens (tertiary/aromatic N) is 1. The molecule has 0 saturated heterocycles. The molecule has 0 amide bonds. The van der Waals surface area contributed by atoms with Crippen molar-refractivity contribution in [1.29, 1.82) is 5.26 Å². The number of halogens is 3. The number of allylic oxidation sites excluding steroid dienone is 1. The maximum atomic E-state index is 12.4. The van der Waals surface area contributed by atoms with Gasteiger partial charge in [0.2, 0.25) is 5.88 Å². The van der Waals surface area contributed by atoms with Crippen LogP contribution in [-0.2, 0) is 0 Å². The summed E-state index contributed by atoms with van der Waals surface area (Å²) in [5, 5.41) is 10.6. The van der Waals surface area contributed by atoms with Gasteiger partial charge in [-0.2, -0.15) is 5.26 Å². The Balaban J connectivity index is 1.71. The predicted molar refractivity (Wildman–Crippen MR) is 121 cm³/mol. The minimum atomic E-state index is -0.547. The molecule has 0 spiro atoms. The first-order valence-corrected chi connectivity index (χ1v) is 10.6. The van der Waals surface area contributed by atoms with Crippen molar-refractivity contribution in [2.45, 2.75) is 5.92 Å². The van der Waals surface area contributed by atoms with Gasteiger partial charge in [-0.15, -0.1) is 0 Å². The zero-order valence-corrected chi connectivity index (χ0v) is 18.8. The van der Waals surface area contributed by atoms with Crippen LogP contribution in [0, 0.1) is 11.3 Å². The van der Waals surface area contributed by atoms with Crippen LogP contribution in [0.15, 0.2) is 76.6 Å². The van der Waals surface area contributed by atoms with Gasteiger partial charge in [0.15, 0.2) is 0 Å². The van der Waals surface area contributed by atoms with Crippen molar-refractivity contribution in [2.24, 2.45) is 5.73 Å². The Morgan fingerprint density at radius 3 is 2.45 bits per heavy atom.